The average molecular weight is 376 g/mol. The first-order valence-corrected chi connectivity index (χ1v) is 11.0. The van der Waals surface area contributed by atoms with E-state index in [1.165, 1.54) is 6.42 Å². The molecule has 2 aliphatic heterocycles. The molecule has 2 saturated heterocycles. The van der Waals surface area contributed by atoms with Crippen molar-refractivity contribution in [3.8, 4) is 0 Å². The molecule has 1 unspecified atom stereocenters. The van der Waals surface area contributed by atoms with Gasteiger partial charge in [-0.25, -0.2) is 0 Å². The number of likely N-dealkylation sites (tertiary alicyclic amines) is 2. The number of piperidine rings is 2. The maximum atomic E-state index is 12.8. The van der Waals surface area contributed by atoms with E-state index in [9.17, 15) is 9.59 Å². The molecule has 1 atom stereocenters. The molecule has 0 aromatic carbocycles. The van der Waals surface area contributed by atoms with Crippen LogP contribution in [0.1, 0.15) is 64.2 Å². The summed E-state index contributed by atoms with van der Waals surface area (Å²) in [6.07, 6.45) is 12.4. The quantitative estimate of drug-likeness (QED) is 0.742. The van der Waals surface area contributed by atoms with Gasteiger partial charge in [0.25, 0.3) is 0 Å². The number of allylic oxidation sites excluding steroid dienone is 1. The minimum absolute atomic E-state index is 0.258. The van der Waals surface area contributed by atoms with Gasteiger partial charge in [-0.15, -0.1) is 0 Å². The fourth-order valence-corrected chi connectivity index (χ4v) is 4.81. The van der Waals surface area contributed by atoms with Crippen LogP contribution in [0, 0.1) is 5.92 Å². The number of hydrogen-bond acceptors (Lipinski definition) is 3. The van der Waals surface area contributed by atoms with E-state index in [0.717, 1.165) is 83.1 Å². The molecule has 3 aliphatic rings. The Morgan fingerprint density at radius 3 is 2.59 bits per heavy atom. The third-order valence-electron chi connectivity index (χ3n) is 6.77. The fraction of sp³-hybridized carbons (Fsp3) is 0.818. The van der Waals surface area contributed by atoms with Gasteiger partial charge in [-0.2, -0.15) is 0 Å². The van der Waals surface area contributed by atoms with Crippen LogP contribution in [0.4, 0.5) is 0 Å². The number of rotatable bonds is 5. The van der Waals surface area contributed by atoms with Crippen LogP contribution >= 0.6 is 0 Å². The van der Waals surface area contributed by atoms with Gasteiger partial charge in [0, 0.05) is 38.2 Å². The Balaban J connectivity index is 1.44. The fourth-order valence-electron chi connectivity index (χ4n) is 4.81. The third-order valence-corrected chi connectivity index (χ3v) is 6.77. The molecule has 152 valence electrons. The Kier molecular flexibility index (Phi) is 7.33. The summed E-state index contributed by atoms with van der Waals surface area (Å²) in [5, 5.41) is 0. The molecule has 2 fully saturated rings. The molecule has 0 N–H and O–H groups in total. The predicted molar refractivity (Wildman–Crippen MR) is 108 cm³/mol. The molecule has 0 aromatic heterocycles. The summed E-state index contributed by atoms with van der Waals surface area (Å²) >= 11 is 0. The standard InChI is InChI=1S/C22H37N3O2/c1-23-15-12-20(13-16-23)24(2)21(26)11-10-18-7-6-14-25(17-18)22(27)19-8-4-3-5-9-19/h8,18,20H,3-7,9-17H2,1-2H3. The molecular formula is C22H37N3O2. The van der Waals surface area contributed by atoms with E-state index in [1.807, 2.05) is 11.9 Å². The van der Waals surface area contributed by atoms with Crippen LogP contribution in [0.15, 0.2) is 11.6 Å². The van der Waals surface area contributed by atoms with E-state index >= 15 is 0 Å². The number of carbonyl (C=O) groups excluding carboxylic acids is 2. The predicted octanol–water partition coefficient (Wildman–Crippen LogP) is 3.06. The van der Waals surface area contributed by atoms with Crippen LogP contribution in [0.25, 0.3) is 0 Å². The molecule has 0 radical (unpaired) electrons. The Hall–Kier alpha value is -1.36. The highest BCUT2D eigenvalue weighted by Gasteiger charge is 2.28. The van der Waals surface area contributed by atoms with Crippen molar-refractivity contribution in [2.75, 3.05) is 40.3 Å². The largest absolute Gasteiger partial charge is 0.343 e. The molecule has 0 saturated carbocycles. The van der Waals surface area contributed by atoms with E-state index in [0.29, 0.717) is 18.4 Å². The lowest BCUT2D eigenvalue weighted by molar-refractivity contribution is -0.133. The normalized spacial score (nSPS) is 25.2. The summed E-state index contributed by atoms with van der Waals surface area (Å²) in [4.78, 5) is 31.8. The zero-order valence-corrected chi connectivity index (χ0v) is 17.3. The van der Waals surface area contributed by atoms with Crippen molar-refractivity contribution in [3.05, 3.63) is 11.6 Å². The first kappa shape index (κ1) is 20.4. The van der Waals surface area contributed by atoms with Crippen molar-refractivity contribution >= 4 is 11.8 Å². The average Bonchev–Trinajstić information content (AvgIpc) is 2.72. The van der Waals surface area contributed by atoms with Gasteiger partial charge < -0.3 is 14.7 Å². The van der Waals surface area contributed by atoms with E-state index in [-0.39, 0.29) is 11.8 Å². The van der Waals surface area contributed by atoms with Gasteiger partial charge in [0.1, 0.15) is 0 Å². The SMILES string of the molecule is CN1CCC(N(C)C(=O)CCC2CCCN(C(=O)C3=CCCCC3)C2)CC1. The molecule has 3 rings (SSSR count). The summed E-state index contributed by atoms with van der Waals surface area (Å²) in [5.74, 6) is 1.01. The monoisotopic (exact) mass is 375 g/mol. The van der Waals surface area contributed by atoms with Crippen LogP contribution in [0.5, 0.6) is 0 Å². The minimum Gasteiger partial charge on any atom is -0.343 e. The minimum atomic E-state index is 0.258. The maximum absolute atomic E-state index is 12.8. The van der Waals surface area contributed by atoms with Crippen LogP contribution in [0.3, 0.4) is 0 Å². The molecule has 5 heteroatoms. The van der Waals surface area contributed by atoms with Crippen molar-refractivity contribution < 1.29 is 9.59 Å². The molecule has 0 bridgehead atoms. The molecule has 2 amide bonds. The van der Waals surface area contributed by atoms with Crippen molar-refractivity contribution in [2.45, 2.75) is 70.3 Å². The maximum Gasteiger partial charge on any atom is 0.249 e. The number of nitrogens with zero attached hydrogens (tertiary/aromatic N) is 3. The highest BCUT2D eigenvalue weighted by Crippen LogP contribution is 2.26. The van der Waals surface area contributed by atoms with Crippen molar-refractivity contribution in [2.24, 2.45) is 5.92 Å². The first-order valence-electron chi connectivity index (χ1n) is 11.0. The van der Waals surface area contributed by atoms with Crippen LogP contribution in [-0.2, 0) is 9.59 Å². The van der Waals surface area contributed by atoms with Gasteiger partial charge >= 0.3 is 0 Å². The molecule has 0 spiro atoms. The second-order valence-electron chi connectivity index (χ2n) is 8.81. The number of hydrogen-bond donors (Lipinski definition) is 0. The van der Waals surface area contributed by atoms with Gasteiger partial charge in [-0.3, -0.25) is 9.59 Å². The van der Waals surface area contributed by atoms with E-state index < -0.39 is 0 Å². The van der Waals surface area contributed by atoms with E-state index in [4.69, 9.17) is 0 Å². The summed E-state index contributed by atoms with van der Waals surface area (Å²) in [6, 6.07) is 0.399. The van der Waals surface area contributed by atoms with Crippen LogP contribution in [-0.4, -0.2) is 72.8 Å². The molecular weight excluding hydrogens is 338 g/mol. The van der Waals surface area contributed by atoms with E-state index in [2.05, 4.69) is 22.9 Å². The van der Waals surface area contributed by atoms with Crippen molar-refractivity contribution in [1.82, 2.24) is 14.7 Å². The Bertz CT molecular complexity index is 552. The molecule has 1 aliphatic carbocycles. The first-order chi connectivity index (χ1) is 13.0. The molecule has 0 aromatic rings. The Morgan fingerprint density at radius 1 is 1.11 bits per heavy atom. The van der Waals surface area contributed by atoms with Crippen molar-refractivity contribution in [3.63, 3.8) is 0 Å². The lowest BCUT2D eigenvalue weighted by Crippen LogP contribution is -2.45. The Labute approximate surface area is 164 Å². The highest BCUT2D eigenvalue weighted by molar-refractivity contribution is 5.93. The number of amides is 2. The second-order valence-corrected chi connectivity index (χ2v) is 8.81. The smallest absolute Gasteiger partial charge is 0.249 e. The van der Waals surface area contributed by atoms with Gasteiger partial charge in [0.2, 0.25) is 11.8 Å². The van der Waals surface area contributed by atoms with Crippen LogP contribution < -0.4 is 0 Å². The summed E-state index contributed by atoms with van der Waals surface area (Å²) in [7, 11) is 4.13. The number of carbonyl (C=O) groups is 2. The van der Waals surface area contributed by atoms with Gasteiger partial charge in [-0.1, -0.05) is 6.08 Å². The topological polar surface area (TPSA) is 43.9 Å². The zero-order chi connectivity index (χ0) is 19.2. The molecule has 27 heavy (non-hydrogen) atoms. The Morgan fingerprint density at radius 2 is 1.89 bits per heavy atom. The summed E-state index contributed by atoms with van der Waals surface area (Å²) in [6.45, 7) is 3.88. The lowest BCUT2D eigenvalue weighted by Gasteiger charge is -2.36. The van der Waals surface area contributed by atoms with Gasteiger partial charge in [-0.05, 0) is 83.8 Å². The van der Waals surface area contributed by atoms with E-state index in [1.54, 1.807) is 0 Å². The van der Waals surface area contributed by atoms with Crippen LogP contribution in [0.2, 0.25) is 0 Å². The van der Waals surface area contributed by atoms with Crippen molar-refractivity contribution in [1.29, 1.82) is 0 Å². The third kappa shape index (κ3) is 5.56. The summed E-state index contributed by atoms with van der Waals surface area (Å²) in [5.41, 5.74) is 1.03. The lowest BCUT2D eigenvalue weighted by atomic mass is 9.91. The second kappa shape index (κ2) is 9.72. The van der Waals surface area contributed by atoms with Gasteiger partial charge in [0.15, 0.2) is 0 Å². The summed E-state index contributed by atoms with van der Waals surface area (Å²) < 4.78 is 0. The molecule has 2 heterocycles. The molecule has 5 nitrogen and oxygen atoms in total. The zero-order valence-electron chi connectivity index (χ0n) is 17.3. The van der Waals surface area contributed by atoms with Gasteiger partial charge in [0.05, 0.1) is 0 Å². The highest BCUT2D eigenvalue weighted by atomic mass is 16.2.